The van der Waals surface area contributed by atoms with Gasteiger partial charge in [-0.3, -0.25) is 9.05 Å². The van der Waals surface area contributed by atoms with E-state index in [1.807, 2.05) is 0 Å². The van der Waals surface area contributed by atoms with Crippen molar-refractivity contribution < 1.29 is 18.0 Å². The van der Waals surface area contributed by atoms with Crippen LogP contribution in [0.15, 0.2) is 22.6 Å². The van der Waals surface area contributed by atoms with Gasteiger partial charge in [0.1, 0.15) is 0 Å². The molecule has 0 unspecified atom stereocenters. The highest BCUT2D eigenvalue weighted by Crippen LogP contribution is 2.46. The fourth-order valence-electron chi connectivity index (χ4n) is 1.32. The molecule has 108 valence electrons. The summed E-state index contributed by atoms with van der Waals surface area (Å²) in [5.41, 5.74) is 0.501. The van der Waals surface area contributed by atoms with Gasteiger partial charge in [-0.15, -0.1) is 5.10 Å². The third-order valence-electron chi connectivity index (χ3n) is 2.30. The van der Waals surface area contributed by atoms with Gasteiger partial charge in [-0.2, -0.15) is 0 Å². The predicted octanol–water partition coefficient (Wildman–Crippen LogP) is 3.86. The molecule has 1 N–H and O–H groups in total. The van der Waals surface area contributed by atoms with Gasteiger partial charge in [-0.05, 0) is 18.2 Å². The van der Waals surface area contributed by atoms with Crippen LogP contribution in [0.25, 0.3) is 11.5 Å². The number of benzene rings is 1. The second-order valence-corrected chi connectivity index (χ2v) is 6.30. The van der Waals surface area contributed by atoms with Gasteiger partial charge in [-0.1, -0.05) is 28.3 Å². The quantitative estimate of drug-likeness (QED) is 0.829. The van der Waals surface area contributed by atoms with Crippen LogP contribution in [0.5, 0.6) is 0 Å². The van der Waals surface area contributed by atoms with Crippen molar-refractivity contribution in [3.05, 3.63) is 28.2 Å². The molecule has 0 radical (unpaired) electrons. The molecule has 0 aliphatic heterocycles. The molecule has 1 aromatic heterocycles. The highest BCUT2D eigenvalue weighted by molar-refractivity contribution is 7.55. The summed E-state index contributed by atoms with van der Waals surface area (Å²) in [6.45, 7) is 0. The Bertz CT molecular complexity index is 656. The number of anilines is 1. The Hall–Kier alpha value is -1.11. The van der Waals surface area contributed by atoms with E-state index in [0.29, 0.717) is 15.6 Å². The smallest absolute Gasteiger partial charge is 0.403 e. The average Bonchev–Trinajstić information content (AvgIpc) is 2.86. The van der Waals surface area contributed by atoms with Crippen molar-refractivity contribution in [3.8, 4) is 11.5 Å². The molecule has 0 amide bonds. The van der Waals surface area contributed by atoms with E-state index in [2.05, 4.69) is 15.3 Å². The number of hydrogen-bond donors (Lipinski definition) is 1. The molecule has 0 aliphatic rings. The van der Waals surface area contributed by atoms with E-state index in [1.54, 1.807) is 18.2 Å². The van der Waals surface area contributed by atoms with Gasteiger partial charge in [-0.25, -0.2) is 9.65 Å². The van der Waals surface area contributed by atoms with Crippen LogP contribution in [0.4, 0.5) is 6.01 Å². The van der Waals surface area contributed by atoms with Crippen LogP contribution >= 0.6 is 30.9 Å². The predicted molar refractivity (Wildman–Crippen MR) is 75.0 cm³/mol. The standard InChI is InChI=1S/C10H10Cl2N3O4P/c1-17-20(16,18-2)15-10-14-13-9(19-10)7-4-3-6(11)5-8(7)12/h3-5H,1-2H3,(H,14,15,16). The van der Waals surface area contributed by atoms with Crippen molar-refractivity contribution in [1.29, 1.82) is 0 Å². The van der Waals surface area contributed by atoms with E-state index in [-0.39, 0.29) is 11.9 Å². The van der Waals surface area contributed by atoms with Crippen LogP contribution in [-0.2, 0) is 13.6 Å². The lowest BCUT2D eigenvalue weighted by atomic mass is 10.2. The number of rotatable bonds is 5. The summed E-state index contributed by atoms with van der Waals surface area (Å²) in [7, 11) is -1.05. The summed E-state index contributed by atoms with van der Waals surface area (Å²) < 4.78 is 26.5. The van der Waals surface area contributed by atoms with Gasteiger partial charge in [0.25, 0.3) is 5.89 Å². The first kappa shape index (κ1) is 15.3. The molecule has 10 heteroatoms. The summed E-state index contributed by atoms with van der Waals surface area (Å²) in [6, 6.07) is 4.70. The average molecular weight is 338 g/mol. The van der Waals surface area contributed by atoms with Crippen molar-refractivity contribution in [3.63, 3.8) is 0 Å². The Morgan fingerprint density at radius 2 is 1.95 bits per heavy atom. The van der Waals surface area contributed by atoms with Crippen LogP contribution in [0.1, 0.15) is 0 Å². The van der Waals surface area contributed by atoms with E-state index in [9.17, 15) is 4.57 Å². The first-order chi connectivity index (χ1) is 9.47. The summed E-state index contributed by atoms with van der Waals surface area (Å²) in [6.07, 6.45) is 0. The molecule has 0 aliphatic carbocycles. The molecule has 0 atom stereocenters. The zero-order chi connectivity index (χ0) is 14.8. The van der Waals surface area contributed by atoms with Gasteiger partial charge < -0.3 is 4.42 Å². The number of halogens is 2. The lowest BCUT2D eigenvalue weighted by Crippen LogP contribution is -2.00. The molecular formula is C10H10Cl2N3O4P. The normalized spacial score (nSPS) is 11.6. The SMILES string of the molecule is COP(=O)(Nc1nnc(-c2ccc(Cl)cc2Cl)o1)OC. The zero-order valence-electron chi connectivity index (χ0n) is 10.5. The molecule has 20 heavy (non-hydrogen) atoms. The molecule has 0 saturated carbocycles. The van der Waals surface area contributed by atoms with Crippen molar-refractivity contribution in [2.24, 2.45) is 0 Å². The van der Waals surface area contributed by atoms with E-state index >= 15 is 0 Å². The number of hydrogen-bond acceptors (Lipinski definition) is 6. The van der Waals surface area contributed by atoms with E-state index < -0.39 is 7.75 Å². The fraction of sp³-hybridized carbons (Fsp3) is 0.200. The van der Waals surface area contributed by atoms with Crippen molar-refractivity contribution >= 4 is 37.0 Å². The van der Waals surface area contributed by atoms with Gasteiger partial charge in [0.05, 0.1) is 10.6 Å². The second kappa shape index (κ2) is 6.11. The third-order valence-corrected chi connectivity index (χ3v) is 4.27. The van der Waals surface area contributed by atoms with Crippen molar-refractivity contribution in [1.82, 2.24) is 10.2 Å². The Balaban J connectivity index is 2.27. The van der Waals surface area contributed by atoms with E-state index in [0.717, 1.165) is 0 Å². The van der Waals surface area contributed by atoms with E-state index in [4.69, 9.17) is 36.7 Å². The maximum atomic E-state index is 11.9. The topological polar surface area (TPSA) is 86.5 Å². The van der Waals surface area contributed by atoms with Crippen molar-refractivity contribution in [2.45, 2.75) is 0 Å². The Morgan fingerprint density at radius 3 is 2.55 bits per heavy atom. The maximum Gasteiger partial charge on any atom is 0.435 e. The molecule has 0 bridgehead atoms. The zero-order valence-corrected chi connectivity index (χ0v) is 12.9. The number of nitrogens with zero attached hydrogens (tertiary/aromatic N) is 2. The van der Waals surface area contributed by atoms with Gasteiger partial charge in [0, 0.05) is 19.2 Å². The number of nitrogens with one attached hydrogen (secondary N) is 1. The van der Waals surface area contributed by atoms with Crippen LogP contribution in [0.3, 0.4) is 0 Å². The minimum atomic E-state index is -3.50. The molecule has 1 heterocycles. The summed E-state index contributed by atoms with van der Waals surface area (Å²) in [5.74, 6) is 0.146. The largest absolute Gasteiger partial charge is 0.435 e. The molecule has 7 nitrogen and oxygen atoms in total. The maximum absolute atomic E-state index is 11.9. The third kappa shape index (κ3) is 3.31. The lowest BCUT2D eigenvalue weighted by Gasteiger charge is -2.11. The van der Waals surface area contributed by atoms with Crippen molar-refractivity contribution in [2.75, 3.05) is 19.3 Å². The van der Waals surface area contributed by atoms with Crippen LogP contribution in [0, 0.1) is 0 Å². The monoisotopic (exact) mass is 337 g/mol. The highest BCUT2D eigenvalue weighted by Gasteiger charge is 2.24. The lowest BCUT2D eigenvalue weighted by molar-refractivity contribution is 0.280. The van der Waals surface area contributed by atoms with Gasteiger partial charge in [0.2, 0.25) is 0 Å². The number of aromatic nitrogens is 2. The molecule has 0 fully saturated rings. The van der Waals surface area contributed by atoms with Crippen LogP contribution in [-0.4, -0.2) is 24.4 Å². The Labute approximate surface area is 124 Å². The van der Waals surface area contributed by atoms with Crippen LogP contribution < -0.4 is 5.09 Å². The van der Waals surface area contributed by atoms with E-state index in [1.165, 1.54) is 14.2 Å². The summed E-state index contributed by atoms with van der Waals surface area (Å²) >= 11 is 11.8. The molecule has 0 saturated heterocycles. The fourth-order valence-corrected chi connectivity index (χ4v) is 2.47. The summed E-state index contributed by atoms with van der Waals surface area (Å²) in [4.78, 5) is 0. The molecular weight excluding hydrogens is 328 g/mol. The van der Waals surface area contributed by atoms with Crippen LogP contribution in [0.2, 0.25) is 10.0 Å². The highest BCUT2D eigenvalue weighted by atomic mass is 35.5. The first-order valence-electron chi connectivity index (χ1n) is 5.26. The second-order valence-electron chi connectivity index (χ2n) is 3.51. The minimum Gasteiger partial charge on any atom is -0.403 e. The Kier molecular flexibility index (Phi) is 4.67. The molecule has 1 aromatic carbocycles. The Morgan fingerprint density at radius 1 is 1.25 bits per heavy atom. The molecule has 0 spiro atoms. The van der Waals surface area contributed by atoms with Gasteiger partial charge >= 0.3 is 13.8 Å². The first-order valence-corrected chi connectivity index (χ1v) is 7.56. The summed E-state index contributed by atoms with van der Waals surface area (Å²) in [5, 5.41) is 10.7. The molecule has 2 aromatic rings. The van der Waals surface area contributed by atoms with Gasteiger partial charge in [0.15, 0.2) is 0 Å². The molecule has 2 rings (SSSR count). The minimum absolute atomic E-state index is 0.113.